The summed E-state index contributed by atoms with van der Waals surface area (Å²) in [5, 5.41) is 7.21. The van der Waals surface area contributed by atoms with E-state index in [-0.39, 0.29) is 11.9 Å². The van der Waals surface area contributed by atoms with E-state index >= 15 is 0 Å². The summed E-state index contributed by atoms with van der Waals surface area (Å²) >= 11 is 0. The van der Waals surface area contributed by atoms with E-state index in [1.165, 1.54) is 19.3 Å². The Kier molecular flexibility index (Phi) is 4.90. The monoisotopic (exact) mass is 266 g/mol. The summed E-state index contributed by atoms with van der Waals surface area (Å²) in [5.41, 5.74) is 5.34. The Morgan fingerprint density at radius 3 is 2.79 bits per heavy atom. The lowest BCUT2D eigenvalue weighted by Gasteiger charge is -2.30. The van der Waals surface area contributed by atoms with E-state index < -0.39 is 0 Å². The van der Waals surface area contributed by atoms with Crippen molar-refractivity contribution < 1.29 is 9.32 Å². The molecule has 0 unspecified atom stereocenters. The van der Waals surface area contributed by atoms with Gasteiger partial charge in [0.15, 0.2) is 5.82 Å². The summed E-state index contributed by atoms with van der Waals surface area (Å²) in [5.74, 6) is 1.45. The molecule has 106 valence electrons. The minimum atomic E-state index is -0.257. The predicted molar refractivity (Wildman–Crippen MR) is 70.0 cm³/mol. The molecule has 0 bridgehead atoms. The van der Waals surface area contributed by atoms with Crippen LogP contribution >= 0.6 is 0 Å². The first kappa shape index (κ1) is 14.0. The Morgan fingerprint density at radius 2 is 2.21 bits per heavy atom. The molecule has 0 saturated heterocycles. The van der Waals surface area contributed by atoms with Crippen LogP contribution in [-0.4, -0.2) is 22.1 Å². The van der Waals surface area contributed by atoms with Crippen LogP contribution in [0.3, 0.4) is 0 Å². The molecule has 1 heterocycles. The number of hydrogen-bond acceptors (Lipinski definition) is 5. The highest BCUT2D eigenvalue weighted by Crippen LogP contribution is 2.27. The van der Waals surface area contributed by atoms with Crippen molar-refractivity contribution in [3.63, 3.8) is 0 Å². The van der Waals surface area contributed by atoms with Crippen LogP contribution in [0.15, 0.2) is 4.52 Å². The van der Waals surface area contributed by atoms with Gasteiger partial charge in [-0.1, -0.05) is 24.4 Å². The minimum Gasteiger partial charge on any atom is -0.370 e. The van der Waals surface area contributed by atoms with Crippen LogP contribution < -0.4 is 11.1 Å². The summed E-state index contributed by atoms with van der Waals surface area (Å²) in [4.78, 5) is 15.4. The third-order valence-electron chi connectivity index (χ3n) is 3.73. The molecule has 1 saturated carbocycles. The second-order valence-corrected chi connectivity index (χ2v) is 5.29. The normalized spacial score (nSPS) is 18.4. The summed E-state index contributed by atoms with van der Waals surface area (Å²) < 4.78 is 4.93. The first-order chi connectivity index (χ1) is 9.15. The van der Waals surface area contributed by atoms with E-state index in [0.29, 0.717) is 30.6 Å². The van der Waals surface area contributed by atoms with E-state index in [1.54, 1.807) is 6.92 Å². The molecular formula is C13H22N4O2. The number of carbonyl (C=O) groups is 1. The lowest BCUT2D eigenvalue weighted by molar-refractivity contribution is -0.118. The van der Waals surface area contributed by atoms with Gasteiger partial charge in [0.25, 0.3) is 0 Å². The Hall–Kier alpha value is -1.43. The number of rotatable bonds is 6. The molecule has 1 aromatic rings. The number of nitrogens with one attached hydrogen (secondary N) is 1. The summed E-state index contributed by atoms with van der Waals surface area (Å²) in [7, 11) is 0. The van der Waals surface area contributed by atoms with Gasteiger partial charge in [-0.2, -0.15) is 4.98 Å². The molecule has 19 heavy (non-hydrogen) atoms. The van der Waals surface area contributed by atoms with E-state index in [2.05, 4.69) is 15.5 Å². The molecule has 1 atom stereocenters. The molecule has 1 aliphatic rings. The lowest BCUT2D eigenvalue weighted by atomic mass is 9.82. The molecule has 6 heteroatoms. The highest BCUT2D eigenvalue weighted by atomic mass is 16.5. The van der Waals surface area contributed by atoms with Crippen molar-refractivity contribution in [3.8, 4) is 0 Å². The fourth-order valence-electron chi connectivity index (χ4n) is 2.79. The standard InChI is InChI=1S/C13H22N4O2/c1-9-16-13(17-19-9)8-15-11(7-12(14)18)10-5-3-2-4-6-10/h10-11,15H,2-8H2,1H3,(H2,14,18)/t11-/m0/s1. The van der Waals surface area contributed by atoms with Gasteiger partial charge in [-0.25, -0.2) is 0 Å². The molecule has 0 aromatic carbocycles. The summed E-state index contributed by atoms with van der Waals surface area (Å²) in [6.45, 7) is 2.28. The first-order valence-electron chi connectivity index (χ1n) is 6.96. The van der Waals surface area contributed by atoms with Gasteiger partial charge in [0, 0.05) is 19.4 Å². The van der Waals surface area contributed by atoms with Crippen LogP contribution in [-0.2, 0) is 11.3 Å². The first-order valence-corrected chi connectivity index (χ1v) is 6.96. The molecule has 1 fully saturated rings. The van der Waals surface area contributed by atoms with Gasteiger partial charge in [0.1, 0.15) is 0 Å². The van der Waals surface area contributed by atoms with E-state index in [0.717, 1.165) is 12.8 Å². The molecule has 0 spiro atoms. The summed E-state index contributed by atoms with van der Waals surface area (Å²) in [6, 6.07) is 0.122. The van der Waals surface area contributed by atoms with Gasteiger partial charge in [0.2, 0.25) is 11.8 Å². The lowest BCUT2D eigenvalue weighted by Crippen LogP contribution is -2.40. The molecule has 3 N–H and O–H groups in total. The Bertz CT molecular complexity index is 413. The van der Waals surface area contributed by atoms with Crippen molar-refractivity contribution in [2.24, 2.45) is 11.7 Å². The van der Waals surface area contributed by atoms with Gasteiger partial charge < -0.3 is 15.6 Å². The number of carbonyl (C=O) groups excluding carboxylic acids is 1. The highest BCUT2D eigenvalue weighted by Gasteiger charge is 2.25. The zero-order chi connectivity index (χ0) is 13.7. The minimum absolute atomic E-state index is 0.122. The fourth-order valence-corrected chi connectivity index (χ4v) is 2.79. The quantitative estimate of drug-likeness (QED) is 0.809. The third kappa shape index (κ3) is 4.31. The maximum absolute atomic E-state index is 11.2. The molecular weight excluding hydrogens is 244 g/mol. The fraction of sp³-hybridized carbons (Fsp3) is 0.769. The number of hydrogen-bond donors (Lipinski definition) is 2. The van der Waals surface area contributed by atoms with Crippen molar-refractivity contribution in [2.75, 3.05) is 0 Å². The van der Waals surface area contributed by atoms with Crippen molar-refractivity contribution in [1.82, 2.24) is 15.5 Å². The average molecular weight is 266 g/mol. The second-order valence-electron chi connectivity index (χ2n) is 5.29. The Labute approximate surface area is 113 Å². The van der Waals surface area contributed by atoms with Gasteiger partial charge in [0.05, 0.1) is 6.54 Å². The molecule has 6 nitrogen and oxygen atoms in total. The summed E-state index contributed by atoms with van der Waals surface area (Å²) in [6.07, 6.45) is 6.48. The Morgan fingerprint density at radius 1 is 1.47 bits per heavy atom. The largest absolute Gasteiger partial charge is 0.370 e. The van der Waals surface area contributed by atoms with Crippen LogP contribution in [0.4, 0.5) is 0 Å². The van der Waals surface area contributed by atoms with E-state index in [9.17, 15) is 4.79 Å². The molecule has 2 rings (SSSR count). The van der Waals surface area contributed by atoms with E-state index in [4.69, 9.17) is 10.3 Å². The number of nitrogens with zero attached hydrogens (tertiary/aromatic N) is 2. The average Bonchev–Trinajstić information content (AvgIpc) is 2.81. The van der Waals surface area contributed by atoms with Crippen LogP contribution in [0, 0.1) is 12.8 Å². The SMILES string of the molecule is Cc1nc(CN[C@@H](CC(N)=O)C2CCCCC2)no1. The van der Waals surface area contributed by atoms with Crippen LogP contribution in [0.25, 0.3) is 0 Å². The smallest absolute Gasteiger partial charge is 0.223 e. The topological polar surface area (TPSA) is 94.0 Å². The van der Waals surface area contributed by atoms with Crippen LogP contribution in [0.5, 0.6) is 0 Å². The van der Waals surface area contributed by atoms with Gasteiger partial charge in [-0.3, -0.25) is 4.79 Å². The van der Waals surface area contributed by atoms with Crippen LogP contribution in [0.2, 0.25) is 0 Å². The zero-order valence-electron chi connectivity index (χ0n) is 11.4. The zero-order valence-corrected chi connectivity index (χ0v) is 11.4. The maximum atomic E-state index is 11.2. The second kappa shape index (κ2) is 6.65. The maximum Gasteiger partial charge on any atom is 0.223 e. The molecule has 0 radical (unpaired) electrons. The molecule has 1 aromatic heterocycles. The van der Waals surface area contributed by atoms with Crippen molar-refractivity contribution in [3.05, 3.63) is 11.7 Å². The Balaban J connectivity index is 1.90. The third-order valence-corrected chi connectivity index (χ3v) is 3.73. The number of aromatic nitrogens is 2. The van der Waals surface area contributed by atoms with Gasteiger partial charge in [-0.15, -0.1) is 0 Å². The number of amides is 1. The molecule has 1 amide bonds. The van der Waals surface area contributed by atoms with Crippen molar-refractivity contribution in [1.29, 1.82) is 0 Å². The van der Waals surface area contributed by atoms with Gasteiger partial charge >= 0.3 is 0 Å². The van der Waals surface area contributed by atoms with Crippen molar-refractivity contribution >= 4 is 5.91 Å². The van der Waals surface area contributed by atoms with E-state index in [1.807, 2.05) is 0 Å². The number of aryl methyl sites for hydroxylation is 1. The van der Waals surface area contributed by atoms with Crippen LogP contribution in [0.1, 0.15) is 50.2 Å². The number of nitrogens with two attached hydrogens (primary N) is 1. The van der Waals surface area contributed by atoms with Gasteiger partial charge in [-0.05, 0) is 18.8 Å². The number of primary amides is 1. The van der Waals surface area contributed by atoms with Crippen molar-refractivity contribution in [2.45, 2.75) is 58.0 Å². The molecule has 0 aliphatic heterocycles. The predicted octanol–water partition coefficient (Wildman–Crippen LogP) is 1.29. The molecule has 1 aliphatic carbocycles. The highest BCUT2D eigenvalue weighted by molar-refractivity contribution is 5.74.